The Morgan fingerprint density at radius 3 is 3.11 bits per heavy atom. The van der Waals surface area contributed by atoms with Gasteiger partial charge in [0.15, 0.2) is 0 Å². The Bertz CT molecular complexity index is 467. The minimum Gasteiger partial charge on any atom is -0.472 e. The first-order valence-corrected chi connectivity index (χ1v) is 6.58. The molecule has 0 amide bonds. The Kier molecular flexibility index (Phi) is 3.42. The molecule has 0 aliphatic carbocycles. The van der Waals surface area contributed by atoms with E-state index in [2.05, 4.69) is 22.0 Å². The lowest BCUT2D eigenvalue weighted by atomic mass is 9.96. The first-order valence-electron chi connectivity index (χ1n) is 6.58. The molecule has 0 spiro atoms. The lowest BCUT2D eigenvalue weighted by Gasteiger charge is -2.35. The number of nitrogens with zero attached hydrogens (tertiary/aromatic N) is 2. The molecule has 18 heavy (non-hydrogen) atoms. The van der Waals surface area contributed by atoms with Crippen LogP contribution >= 0.6 is 0 Å². The van der Waals surface area contributed by atoms with Gasteiger partial charge in [0.05, 0.1) is 12.5 Å². The number of hydrogen-bond acceptors (Lipinski definition) is 3. The van der Waals surface area contributed by atoms with Gasteiger partial charge in [0.25, 0.3) is 0 Å². The van der Waals surface area contributed by atoms with Crippen molar-refractivity contribution >= 4 is 0 Å². The fourth-order valence-electron chi connectivity index (χ4n) is 2.75. The molecule has 0 saturated carbocycles. The van der Waals surface area contributed by atoms with Crippen molar-refractivity contribution in [2.45, 2.75) is 31.8 Å². The maximum Gasteiger partial charge on any atom is 0.0947 e. The zero-order valence-electron chi connectivity index (χ0n) is 10.5. The fourth-order valence-corrected chi connectivity index (χ4v) is 2.75. The van der Waals surface area contributed by atoms with Crippen molar-refractivity contribution in [2.75, 3.05) is 6.54 Å². The van der Waals surface area contributed by atoms with E-state index in [1.165, 1.54) is 30.4 Å². The molecular formula is C15H18N2O. The summed E-state index contributed by atoms with van der Waals surface area (Å²) in [5, 5.41) is 0. The van der Waals surface area contributed by atoms with Gasteiger partial charge in [0.2, 0.25) is 0 Å². The van der Waals surface area contributed by atoms with Gasteiger partial charge >= 0.3 is 0 Å². The van der Waals surface area contributed by atoms with Crippen LogP contribution in [-0.4, -0.2) is 16.4 Å². The molecule has 3 heterocycles. The molecular weight excluding hydrogens is 224 g/mol. The highest BCUT2D eigenvalue weighted by atomic mass is 16.3. The monoisotopic (exact) mass is 242 g/mol. The molecule has 2 aromatic heterocycles. The van der Waals surface area contributed by atoms with Gasteiger partial charge in [-0.1, -0.05) is 12.5 Å². The average Bonchev–Trinajstić information content (AvgIpc) is 2.93. The second-order valence-corrected chi connectivity index (χ2v) is 4.90. The van der Waals surface area contributed by atoms with Gasteiger partial charge in [-0.05, 0) is 37.1 Å². The lowest BCUT2D eigenvalue weighted by Crippen LogP contribution is -2.32. The quantitative estimate of drug-likeness (QED) is 0.826. The molecule has 2 aromatic rings. The topological polar surface area (TPSA) is 29.3 Å². The Labute approximate surface area is 107 Å². The van der Waals surface area contributed by atoms with Gasteiger partial charge in [0, 0.05) is 30.5 Å². The third-order valence-electron chi connectivity index (χ3n) is 3.65. The molecule has 3 nitrogen and oxygen atoms in total. The van der Waals surface area contributed by atoms with Crippen molar-refractivity contribution in [3.8, 4) is 0 Å². The molecule has 1 aliphatic heterocycles. The summed E-state index contributed by atoms with van der Waals surface area (Å²) in [6.45, 7) is 2.13. The van der Waals surface area contributed by atoms with E-state index in [0.717, 1.165) is 13.1 Å². The molecule has 0 radical (unpaired) electrons. The van der Waals surface area contributed by atoms with Crippen molar-refractivity contribution < 1.29 is 4.42 Å². The summed E-state index contributed by atoms with van der Waals surface area (Å²) in [4.78, 5) is 6.78. The minimum absolute atomic E-state index is 0.502. The van der Waals surface area contributed by atoms with Crippen LogP contribution in [0.1, 0.15) is 36.4 Å². The largest absolute Gasteiger partial charge is 0.472 e. The Hall–Kier alpha value is -1.61. The van der Waals surface area contributed by atoms with Crippen LogP contribution in [0.2, 0.25) is 0 Å². The van der Waals surface area contributed by atoms with Crippen LogP contribution < -0.4 is 0 Å². The van der Waals surface area contributed by atoms with E-state index in [-0.39, 0.29) is 0 Å². The third-order valence-corrected chi connectivity index (χ3v) is 3.65. The summed E-state index contributed by atoms with van der Waals surface area (Å²) in [6.07, 6.45) is 11.2. The predicted octanol–water partition coefficient (Wildman–Crippen LogP) is 3.40. The van der Waals surface area contributed by atoms with E-state index in [1.807, 2.05) is 24.7 Å². The van der Waals surface area contributed by atoms with Crippen LogP contribution in [-0.2, 0) is 6.54 Å². The summed E-state index contributed by atoms with van der Waals surface area (Å²) >= 11 is 0. The highest BCUT2D eigenvalue weighted by Crippen LogP contribution is 2.31. The highest BCUT2D eigenvalue weighted by Gasteiger charge is 2.24. The molecule has 1 fully saturated rings. The SMILES string of the molecule is c1cncc(C2CCCCN2Cc2ccoc2)c1. The van der Waals surface area contributed by atoms with E-state index in [1.54, 1.807) is 6.26 Å². The Morgan fingerprint density at radius 1 is 1.33 bits per heavy atom. The molecule has 3 heteroatoms. The standard InChI is InChI=1S/C15H18N2O/c1-2-8-17(11-13-6-9-18-12-13)15(5-1)14-4-3-7-16-10-14/h3-4,6-7,9-10,12,15H,1-2,5,8,11H2. The van der Waals surface area contributed by atoms with Crippen LogP contribution in [0.15, 0.2) is 47.5 Å². The lowest BCUT2D eigenvalue weighted by molar-refractivity contribution is 0.140. The zero-order valence-corrected chi connectivity index (χ0v) is 10.5. The summed E-state index contributed by atoms with van der Waals surface area (Å²) in [5.41, 5.74) is 2.59. The molecule has 1 saturated heterocycles. The summed E-state index contributed by atoms with van der Waals surface area (Å²) in [6, 6.07) is 6.77. The maximum atomic E-state index is 5.16. The average molecular weight is 242 g/mol. The fraction of sp³-hybridized carbons (Fsp3) is 0.400. The Balaban J connectivity index is 1.78. The van der Waals surface area contributed by atoms with Gasteiger partial charge in [-0.3, -0.25) is 9.88 Å². The Morgan fingerprint density at radius 2 is 2.33 bits per heavy atom. The number of rotatable bonds is 3. The van der Waals surface area contributed by atoms with Crippen molar-refractivity contribution in [1.29, 1.82) is 0 Å². The zero-order chi connectivity index (χ0) is 12.2. The van der Waals surface area contributed by atoms with E-state index in [4.69, 9.17) is 4.42 Å². The first-order chi connectivity index (χ1) is 8.93. The van der Waals surface area contributed by atoms with E-state index in [0.29, 0.717) is 6.04 Å². The summed E-state index contributed by atoms with van der Waals surface area (Å²) < 4.78 is 5.16. The summed E-state index contributed by atoms with van der Waals surface area (Å²) in [5.74, 6) is 0. The summed E-state index contributed by atoms with van der Waals surface area (Å²) in [7, 11) is 0. The molecule has 0 bridgehead atoms. The van der Waals surface area contributed by atoms with Crippen LogP contribution in [0.5, 0.6) is 0 Å². The van der Waals surface area contributed by atoms with Gasteiger partial charge < -0.3 is 4.42 Å². The van der Waals surface area contributed by atoms with Crippen LogP contribution in [0, 0.1) is 0 Å². The number of pyridine rings is 1. The van der Waals surface area contributed by atoms with E-state index >= 15 is 0 Å². The van der Waals surface area contributed by atoms with Gasteiger partial charge in [-0.15, -0.1) is 0 Å². The number of hydrogen-bond donors (Lipinski definition) is 0. The van der Waals surface area contributed by atoms with E-state index in [9.17, 15) is 0 Å². The van der Waals surface area contributed by atoms with Gasteiger partial charge in [-0.2, -0.15) is 0 Å². The maximum absolute atomic E-state index is 5.16. The van der Waals surface area contributed by atoms with Gasteiger partial charge in [0.1, 0.15) is 0 Å². The van der Waals surface area contributed by atoms with Crippen LogP contribution in [0.3, 0.4) is 0 Å². The van der Waals surface area contributed by atoms with Crippen molar-refractivity contribution in [3.63, 3.8) is 0 Å². The highest BCUT2D eigenvalue weighted by molar-refractivity contribution is 5.16. The van der Waals surface area contributed by atoms with Crippen molar-refractivity contribution in [3.05, 3.63) is 54.2 Å². The smallest absolute Gasteiger partial charge is 0.0947 e. The molecule has 3 rings (SSSR count). The first kappa shape index (κ1) is 11.5. The van der Waals surface area contributed by atoms with Crippen LogP contribution in [0.25, 0.3) is 0 Å². The van der Waals surface area contributed by atoms with Gasteiger partial charge in [-0.25, -0.2) is 0 Å². The van der Waals surface area contributed by atoms with Crippen LogP contribution in [0.4, 0.5) is 0 Å². The predicted molar refractivity (Wildman–Crippen MR) is 69.9 cm³/mol. The second kappa shape index (κ2) is 5.36. The number of furan rings is 1. The third kappa shape index (κ3) is 2.46. The van der Waals surface area contributed by atoms with Crippen molar-refractivity contribution in [2.24, 2.45) is 0 Å². The number of aromatic nitrogens is 1. The molecule has 1 atom stereocenters. The normalized spacial score (nSPS) is 21.0. The molecule has 1 aliphatic rings. The molecule has 1 unspecified atom stereocenters. The molecule has 0 aromatic carbocycles. The molecule has 94 valence electrons. The van der Waals surface area contributed by atoms with Crippen molar-refractivity contribution in [1.82, 2.24) is 9.88 Å². The number of piperidine rings is 1. The van der Waals surface area contributed by atoms with E-state index < -0.39 is 0 Å². The number of likely N-dealkylation sites (tertiary alicyclic amines) is 1. The second-order valence-electron chi connectivity index (χ2n) is 4.90. The minimum atomic E-state index is 0.502. The molecule has 0 N–H and O–H groups in total.